The molecule has 3 unspecified atom stereocenters. The zero-order valence-electron chi connectivity index (χ0n) is 8.25. The average Bonchev–Trinajstić information content (AvgIpc) is 2.05. The van der Waals surface area contributed by atoms with Crippen LogP contribution in [0.25, 0.3) is 0 Å². The molecule has 0 heterocycles. The first-order valence-corrected chi connectivity index (χ1v) is 5.17. The Morgan fingerprint density at radius 2 is 1.85 bits per heavy atom. The molecule has 0 saturated heterocycles. The Labute approximate surface area is 78.7 Å². The Bertz CT molecular complexity index is 255. The van der Waals surface area contributed by atoms with Gasteiger partial charge in [0.15, 0.2) is 0 Å². The third-order valence-electron chi connectivity index (χ3n) is 3.64. The molecule has 13 heavy (non-hydrogen) atoms. The van der Waals surface area contributed by atoms with Crippen LogP contribution < -0.4 is 0 Å². The predicted molar refractivity (Wildman–Crippen MR) is 49.2 cm³/mol. The number of rotatable bonds is 1. The quantitative estimate of drug-likeness (QED) is 0.617. The van der Waals surface area contributed by atoms with Crippen LogP contribution in [0.5, 0.6) is 0 Å². The minimum absolute atomic E-state index is 0.105. The number of carbonyl (C=O) groups is 2. The number of Topliss-reactive ketones (excluding diaryl/α,β-unsaturated/α-hetero) is 2. The Morgan fingerprint density at radius 3 is 2.38 bits per heavy atom. The van der Waals surface area contributed by atoms with Crippen molar-refractivity contribution in [3.8, 4) is 0 Å². The summed E-state index contributed by atoms with van der Waals surface area (Å²) in [5, 5.41) is 0. The molecule has 0 amide bonds. The summed E-state index contributed by atoms with van der Waals surface area (Å²) in [7, 11) is 0. The van der Waals surface area contributed by atoms with E-state index in [0.717, 1.165) is 12.8 Å². The van der Waals surface area contributed by atoms with Gasteiger partial charge < -0.3 is 0 Å². The summed E-state index contributed by atoms with van der Waals surface area (Å²) in [5.41, 5.74) is 0. The molecule has 2 heteroatoms. The molecule has 0 aliphatic heterocycles. The Kier molecular flexibility index (Phi) is 2.01. The molecule has 2 rings (SSSR count). The van der Waals surface area contributed by atoms with E-state index in [2.05, 4.69) is 13.8 Å². The van der Waals surface area contributed by atoms with E-state index in [1.807, 2.05) is 0 Å². The van der Waals surface area contributed by atoms with Gasteiger partial charge in [-0.15, -0.1) is 0 Å². The highest BCUT2D eigenvalue weighted by Crippen LogP contribution is 2.43. The average molecular weight is 180 g/mol. The fourth-order valence-corrected chi connectivity index (χ4v) is 2.67. The summed E-state index contributed by atoms with van der Waals surface area (Å²) in [5.74, 6) is 1.58. The van der Waals surface area contributed by atoms with Gasteiger partial charge in [0.05, 0.1) is 0 Å². The minimum atomic E-state index is 0.105. The third-order valence-corrected chi connectivity index (χ3v) is 3.64. The first kappa shape index (κ1) is 8.92. The minimum Gasteiger partial charge on any atom is -0.299 e. The van der Waals surface area contributed by atoms with Gasteiger partial charge in [0.25, 0.3) is 0 Å². The molecule has 3 atom stereocenters. The first-order chi connectivity index (χ1) is 6.11. The van der Waals surface area contributed by atoms with E-state index in [1.165, 1.54) is 0 Å². The normalized spacial score (nSPS) is 38.8. The largest absolute Gasteiger partial charge is 0.299 e. The monoisotopic (exact) mass is 180 g/mol. The number of ketones is 2. The van der Waals surface area contributed by atoms with Crippen molar-refractivity contribution in [3.05, 3.63) is 0 Å². The maximum atomic E-state index is 11.8. The molecule has 2 aliphatic carbocycles. The topological polar surface area (TPSA) is 34.1 Å². The molecule has 2 fully saturated rings. The van der Waals surface area contributed by atoms with Crippen molar-refractivity contribution in [2.45, 2.75) is 33.1 Å². The molecule has 0 bridgehead atoms. The molecule has 0 aromatic rings. The van der Waals surface area contributed by atoms with Gasteiger partial charge in [-0.3, -0.25) is 9.59 Å². The first-order valence-electron chi connectivity index (χ1n) is 5.17. The van der Waals surface area contributed by atoms with Gasteiger partial charge in [-0.05, 0) is 18.8 Å². The third kappa shape index (κ3) is 1.23. The summed E-state index contributed by atoms with van der Waals surface area (Å²) in [6.07, 6.45) is 2.42. The fourth-order valence-electron chi connectivity index (χ4n) is 2.67. The van der Waals surface area contributed by atoms with Gasteiger partial charge in [-0.25, -0.2) is 0 Å². The Morgan fingerprint density at radius 1 is 1.15 bits per heavy atom. The van der Waals surface area contributed by atoms with Crippen molar-refractivity contribution in [1.82, 2.24) is 0 Å². The van der Waals surface area contributed by atoms with Crippen LogP contribution in [0, 0.1) is 23.7 Å². The summed E-state index contributed by atoms with van der Waals surface area (Å²) in [4.78, 5) is 23.0. The van der Waals surface area contributed by atoms with Gasteiger partial charge in [0.2, 0.25) is 0 Å². The van der Waals surface area contributed by atoms with Gasteiger partial charge in [-0.2, -0.15) is 0 Å². The van der Waals surface area contributed by atoms with E-state index in [-0.39, 0.29) is 17.8 Å². The van der Waals surface area contributed by atoms with Gasteiger partial charge in [0, 0.05) is 24.2 Å². The van der Waals surface area contributed by atoms with Crippen LogP contribution in [0.1, 0.15) is 33.1 Å². The van der Waals surface area contributed by atoms with Gasteiger partial charge in [0.1, 0.15) is 11.6 Å². The van der Waals surface area contributed by atoms with Crippen molar-refractivity contribution < 1.29 is 9.59 Å². The fraction of sp³-hybridized carbons (Fsp3) is 0.818. The predicted octanol–water partition coefficient (Wildman–Crippen LogP) is 1.83. The second-order valence-electron chi connectivity index (χ2n) is 4.71. The lowest BCUT2D eigenvalue weighted by atomic mass is 9.59. The van der Waals surface area contributed by atoms with E-state index in [9.17, 15) is 9.59 Å². The summed E-state index contributed by atoms with van der Waals surface area (Å²) in [6, 6.07) is 0. The lowest BCUT2D eigenvalue weighted by Crippen LogP contribution is -2.49. The van der Waals surface area contributed by atoms with Crippen LogP contribution in [0.4, 0.5) is 0 Å². The SMILES string of the molecule is CC(C)C1CCC2C(=O)CC2C1=O. The molecule has 0 aromatic heterocycles. The molecule has 2 saturated carbocycles. The second kappa shape index (κ2) is 2.93. The molecule has 2 aliphatic rings. The molecule has 0 N–H and O–H groups in total. The zero-order chi connectivity index (χ0) is 9.59. The maximum absolute atomic E-state index is 11.8. The maximum Gasteiger partial charge on any atom is 0.140 e. The van der Waals surface area contributed by atoms with E-state index in [1.54, 1.807) is 0 Å². The Balaban J connectivity index is 2.09. The molecule has 0 radical (unpaired) electrons. The van der Waals surface area contributed by atoms with E-state index in [0.29, 0.717) is 23.9 Å². The van der Waals surface area contributed by atoms with Gasteiger partial charge >= 0.3 is 0 Å². The number of hydrogen-bond donors (Lipinski definition) is 0. The summed E-state index contributed by atoms with van der Waals surface area (Å²) >= 11 is 0. The summed E-state index contributed by atoms with van der Waals surface area (Å²) < 4.78 is 0. The van der Waals surface area contributed by atoms with Crippen LogP contribution in [0.3, 0.4) is 0 Å². The van der Waals surface area contributed by atoms with Crippen LogP contribution in [0.2, 0.25) is 0 Å². The molecule has 0 aromatic carbocycles. The highest BCUT2D eigenvalue weighted by atomic mass is 16.1. The molecule has 72 valence electrons. The lowest BCUT2D eigenvalue weighted by molar-refractivity contribution is -0.150. The van der Waals surface area contributed by atoms with Crippen LogP contribution in [-0.4, -0.2) is 11.6 Å². The molecular weight excluding hydrogens is 164 g/mol. The van der Waals surface area contributed by atoms with Crippen molar-refractivity contribution in [1.29, 1.82) is 0 Å². The summed E-state index contributed by atoms with van der Waals surface area (Å²) in [6.45, 7) is 4.20. The smallest absolute Gasteiger partial charge is 0.140 e. The van der Waals surface area contributed by atoms with Crippen molar-refractivity contribution in [2.75, 3.05) is 0 Å². The standard InChI is InChI=1S/C11H16O2/c1-6(2)7-3-4-8-9(11(7)13)5-10(8)12/h6-9H,3-5H2,1-2H3. The van der Waals surface area contributed by atoms with Crippen molar-refractivity contribution in [2.24, 2.45) is 23.7 Å². The molecule has 2 nitrogen and oxygen atoms in total. The van der Waals surface area contributed by atoms with Crippen LogP contribution in [0.15, 0.2) is 0 Å². The molecule has 0 spiro atoms. The lowest BCUT2D eigenvalue weighted by Gasteiger charge is -2.42. The highest BCUT2D eigenvalue weighted by molar-refractivity contribution is 6.00. The number of hydrogen-bond acceptors (Lipinski definition) is 2. The zero-order valence-corrected chi connectivity index (χ0v) is 8.25. The van der Waals surface area contributed by atoms with E-state index in [4.69, 9.17) is 0 Å². The van der Waals surface area contributed by atoms with Crippen molar-refractivity contribution in [3.63, 3.8) is 0 Å². The van der Waals surface area contributed by atoms with Gasteiger partial charge in [-0.1, -0.05) is 13.8 Å². The second-order valence-corrected chi connectivity index (χ2v) is 4.71. The number of carbonyl (C=O) groups excluding carboxylic acids is 2. The van der Waals surface area contributed by atoms with Crippen molar-refractivity contribution >= 4 is 11.6 Å². The molecular formula is C11H16O2. The van der Waals surface area contributed by atoms with E-state index >= 15 is 0 Å². The van der Waals surface area contributed by atoms with Crippen LogP contribution >= 0.6 is 0 Å². The van der Waals surface area contributed by atoms with Crippen LogP contribution in [-0.2, 0) is 9.59 Å². The highest BCUT2D eigenvalue weighted by Gasteiger charge is 2.49. The number of fused-ring (bicyclic) bond motifs is 1. The Hall–Kier alpha value is -0.660. The van der Waals surface area contributed by atoms with E-state index < -0.39 is 0 Å².